The summed E-state index contributed by atoms with van der Waals surface area (Å²) >= 11 is 0. The van der Waals surface area contributed by atoms with Crippen LogP contribution in [0.2, 0.25) is 0 Å². The number of rotatable bonds is 3. The summed E-state index contributed by atoms with van der Waals surface area (Å²) in [6.45, 7) is 2.11. The lowest BCUT2D eigenvalue weighted by atomic mass is 10.4. The molecule has 0 aromatic heterocycles. The summed E-state index contributed by atoms with van der Waals surface area (Å²) in [6, 6.07) is 0. The molecule has 8 nitrogen and oxygen atoms in total. The van der Waals surface area contributed by atoms with Crippen LogP contribution in [0.25, 0.3) is 0 Å². The number of carbonyl (C=O) groups is 2. The highest BCUT2D eigenvalue weighted by molar-refractivity contribution is 5.71. The summed E-state index contributed by atoms with van der Waals surface area (Å²) in [7, 11) is 0. The Bertz CT molecular complexity index is 161. The highest BCUT2D eigenvalue weighted by Crippen LogP contribution is 1.73. The van der Waals surface area contributed by atoms with Crippen LogP contribution in [0.15, 0.2) is 0 Å². The van der Waals surface area contributed by atoms with Gasteiger partial charge < -0.3 is 32.5 Å². The summed E-state index contributed by atoms with van der Waals surface area (Å²) in [5.74, 6) is -2.15. The van der Waals surface area contributed by atoms with Crippen molar-refractivity contribution in [3.8, 4) is 0 Å². The minimum Gasteiger partial charge on any atom is -0.480 e. The quantitative estimate of drug-likeness (QED) is 0.303. The van der Waals surface area contributed by atoms with Crippen LogP contribution in [-0.4, -0.2) is 53.0 Å². The van der Waals surface area contributed by atoms with E-state index in [1.165, 1.54) is 6.92 Å². The fraction of sp³-hybridized carbons (Fsp3) is 0.714. The average molecular weight is 225 g/mol. The monoisotopic (exact) mass is 225 g/mol. The van der Waals surface area contributed by atoms with Crippen LogP contribution in [0, 0.1) is 0 Å². The molecule has 0 heterocycles. The molecule has 0 aliphatic carbocycles. The molecular weight excluding hydrogens is 206 g/mol. The van der Waals surface area contributed by atoms with E-state index in [1.54, 1.807) is 0 Å². The van der Waals surface area contributed by atoms with E-state index in [-0.39, 0.29) is 6.54 Å². The lowest BCUT2D eigenvalue weighted by molar-refractivity contribution is -0.145. The van der Waals surface area contributed by atoms with E-state index in [9.17, 15) is 9.59 Å². The molecule has 0 aromatic rings. The average Bonchev–Trinajstić information content (AvgIpc) is 2.19. The van der Waals surface area contributed by atoms with E-state index in [1.807, 2.05) is 0 Å². The number of carboxylic acids is 2. The van der Waals surface area contributed by atoms with Crippen LogP contribution in [-0.2, 0) is 9.59 Å². The lowest BCUT2D eigenvalue weighted by Crippen LogP contribution is -2.13. The van der Waals surface area contributed by atoms with Gasteiger partial charge in [0.2, 0.25) is 0 Å². The van der Waals surface area contributed by atoms with Gasteiger partial charge in [-0.15, -0.1) is 0 Å². The molecule has 0 radical (unpaired) electrons. The molecule has 0 fully saturated rings. The van der Waals surface area contributed by atoms with E-state index in [0.29, 0.717) is 13.1 Å². The molecule has 9 N–H and O–H groups in total. The molecule has 0 spiro atoms. The smallest absolute Gasteiger partial charge is 0.332 e. The van der Waals surface area contributed by atoms with Gasteiger partial charge in [0.05, 0.1) is 6.54 Å². The number of aliphatic hydroxyl groups is 1. The normalized spacial score (nSPS) is 9.93. The minimum absolute atomic E-state index is 0.278. The molecule has 0 amide bonds. The Balaban J connectivity index is -0.000000147. The van der Waals surface area contributed by atoms with Gasteiger partial charge in [0.1, 0.15) is 6.10 Å². The summed E-state index contributed by atoms with van der Waals surface area (Å²) in [6.07, 6.45) is -1.23. The predicted octanol–water partition coefficient (Wildman–Crippen LogP) is -2.61. The van der Waals surface area contributed by atoms with E-state index in [2.05, 4.69) is 5.73 Å². The van der Waals surface area contributed by atoms with Crippen molar-refractivity contribution >= 4 is 11.9 Å². The molecule has 0 aromatic carbocycles. The van der Waals surface area contributed by atoms with E-state index < -0.39 is 18.0 Å². The van der Waals surface area contributed by atoms with Gasteiger partial charge in [-0.05, 0) is 6.92 Å². The molecule has 1 unspecified atom stereocenters. The van der Waals surface area contributed by atoms with E-state index in [0.717, 1.165) is 0 Å². The van der Waals surface area contributed by atoms with Crippen LogP contribution < -0.4 is 17.2 Å². The van der Waals surface area contributed by atoms with Gasteiger partial charge >= 0.3 is 11.9 Å². The van der Waals surface area contributed by atoms with Crippen LogP contribution in [0.5, 0.6) is 0 Å². The minimum atomic E-state index is -1.23. The SMILES string of the molecule is CC(O)C(=O)O.NCC(=O)O.NCCN. The predicted molar refractivity (Wildman–Crippen MR) is 54.1 cm³/mol. The van der Waals surface area contributed by atoms with Crippen molar-refractivity contribution < 1.29 is 24.9 Å². The van der Waals surface area contributed by atoms with Gasteiger partial charge in [-0.25, -0.2) is 4.79 Å². The van der Waals surface area contributed by atoms with Crippen LogP contribution >= 0.6 is 0 Å². The third-order valence-electron chi connectivity index (χ3n) is 0.699. The number of hydrogen-bond donors (Lipinski definition) is 6. The highest BCUT2D eigenvalue weighted by atomic mass is 16.4. The number of aliphatic carboxylic acids is 2. The number of carboxylic acid groups (broad SMARTS) is 2. The van der Waals surface area contributed by atoms with E-state index in [4.69, 9.17) is 26.8 Å². The van der Waals surface area contributed by atoms with Gasteiger partial charge in [0, 0.05) is 13.1 Å². The number of nitrogens with two attached hydrogens (primary N) is 3. The van der Waals surface area contributed by atoms with E-state index >= 15 is 0 Å². The summed E-state index contributed by atoms with van der Waals surface area (Å²) in [5.41, 5.74) is 14.4. The second-order valence-corrected chi connectivity index (χ2v) is 2.19. The molecule has 0 bridgehead atoms. The third kappa shape index (κ3) is 44.5. The topological polar surface area (TPSA) is 173 Å². The standard InChI is InChI=1S/C3H6O3.C2H8N2.C2H5NO2/c1-2(4)3(5)6;3-1-2-4;3-1-2(4)5/h2,4H,1H3,(H,5,6);1-4H2;1,3H2,(H,4,5). The summed E-state index contributed by atoms with van der Waals surface area (Å²) < 4.78 is 0. The van der Waals surface area contributed by atoms with Crippen LogP contribution in [0.3, 0.4) is 0 Å². The van der Waals surface area contributed by atoms with Crippen LogP contribution in [0.4, 0.5) is 0 Å². The maximum atomic E-state index is 9.45. The number of aliphatic hydroxyl groups excluding tert-OH is 1. The van der Waals surface area contributed by atoms with Crippen LogP contribution in [0.1, 0.15) is 6.92 Å². The number of hydrogen-bond acceptors (Lipinski definition) is 6. The van der Waals surface area contributed by atoms with Crippen molar-refractivity contribution in [2.24, 2.45) is 17.2 Å². The lowest BCUT2D eigenvalue weighted by Gasteiger charge is -1.89. The van der Waals surface area contributed by atoms with Crippen molar-refractivity contribution in [3.63, 3.8) is 0 Å². The zero-order valence-electron chi connectivity index (χ0n) is 8.59. The van der Waals surface area contributed by atoms with Crippen molar-refractivity contribution in [2.45, 2.75) is 13.0 Å². The molecule has 1 atom stereocenters. The first-order valence-electron chi connectivity index (χ1n) is 4.06. The molecule has 8 heteroatoms. The largest absolute Gasteiger partial charge is 0.480 e. The zero-order valence-corrected chi connectivity index (χ0v) is 8.59. The maximum absolute atomic E-state index is 9.45. The maximum Gasteiger partial charge on any atom is 0.332 e. The second kappa shape index (κ2) is 15.3. The Labute approximate surface area is 87.7 Å². The molecule has 0 saturated carbocycles. The Morgan fingerprint density at radius 2 is 1.33 bits per heavy atom. The van der Waals surface area contributed by atoms with Gasteiger partial charge in [0.15, 0.2) is 0 Å². The first kappa shape index (κ1) is 19.4. The Hall–Kier alpha value is -1.22. The fourth-order valence-corrected chi connectivity index (χ4v) is 0. The summed E-state index contributed by atoms with van der Waals surface area (Å²) in [4.78, 5) is 18.7. The van der Waals surface area contributed by atoms with Gasteiger partial charge in [-0.1, -0.05) is 0 Å². The Kier molecular flexibility index (Phi) is 19.7. The van der Waals surface area contributed by atoms with Crippen molar-refractivity contribution in [1.29, 1.82) is 0 Å². The van der Waals surface area contributed by atoms with Gasteiger partial charge in [0.25, 0.3) is 0 Å². The van der Waals surface area contributed by atoms with Gasteiger partial charge in [-0.2, -0.15) is 0 Å². The van der Waals surface area contributed by atoms with Gasteiger partial charge in [-0.3, -0.25) is 4.79 Å². The Morgan fingerprint density at radius 1 is 1.13 bits per heavy atom. The zero-order chi connectivity index (χ0) is 12.9. The first-order valence-corrected chi connectivity index (χ1v) is 4.06. The van der Waals surface area contributed by atoms with Crippen molar-refractivity contribution in [3.05, 3.63) is 0 Å². The van der Waals surface area contributed by atoms with Crippen molar-refractivity contribution in [1.82, 2.24) is 0 Å². The molecule has 0 rings (SSSR count). The molecule has 0 aliphatic rings. The first-order chi connectivity index (χ1) is 6.83. The molecule has 0 saturated heterocycles. The fourth-order valence-electron chi connectivity index (χ4n) is 0. The van der Waals surface area contributed by atoms with Crippen molar-refractivity contribution in [2.75, 3.05) is 19.6 Å². The third-order valence-corrected chi connectivity index (χ3v) is 0.699. The Morgan fingerprint density at radius 3 is 1.33 bits per heavy atom. The molecule has 0 aliphatic heterocycles. The second-order valence-electron chi connectivity index (χ2n) is 2.19. The molecule has 92 valence electrons. The molecular formula is C7H19N3O5. The molecule has 15 heavy (non-hydrogen) atoms. The highest BCUT2D eigenvalue weighted by Gasteiger charge is 2.01. The summed E-state index contributed by atoms with van der Waals surface area (Å²) in [5, 5.41) is 23.4.